The van der Waals surface area contributed by atoms with Crippen LogP contribution in [0.15, 0.2) is 30.3 Å². The fourth-order valence-electron chi connectivity index (χ4n) is 2.51. The third-order valence-corrected chi connectivity index (χ3v) is 3.78. The number of amides is 1. The van der Waals surface area contributed by atoms with Gasteiger partial charge in [-0.05, 0) is 36.6 Å². The van der Waals surface area contributed by atoms with E-state index in [0.717, 1.165) is 43.7 Å². The molecule has 0 radical (unpaired) electrons. The van der Waals surface area contributed by atoms with Crippen molar-refractivity contribution in [1.29, 1.82) is 0 Å². The molecule has 0 bridgehead atoms. The summed E-state index contributed by atoms with van der Waals surface area (Å²) in [6.45, 7) is 0. The molecular weight excluding hydrogens is 268 g/mol. The molecular formula is C16H20N2O3. The third-order valence-electron chi connectivity index (χ3n) is 3.78. The number of carboxylic acid groups (broad SMARTS) is 1. The number of nitrogens with one attached hydrogen (secondary N) is 1. The minimum Gasteiger partial charge on any atom is -0.478 e. The molecule has 0 unspecified atom stereocenters. The Bertz CT molecular complexity index is 543. The number of hydrogen-bond donors (Lipinski definition) is 3. The fourth-order valence-corrected chi connectivity index (χ4v) is 2.51. The number of anilines is 1. The highest BCUT2D eigenvalue weighted by atomic mass is 16.4. The summed E-state index contributed by atoms with van der Waals surface area (Å²) in [6.07, 6.45) is 7.13. The number of hydrogen-bond acceptors (Lipinski definition) is 3. The molecule has 2 rings (SSSR count). The first-order chi connectivity index (χ1) is 9.99. The van der Waals surface area contributed by atoms with Crippen LogP contribution in [0.4, 0.5) is 5.69 Å². The number of carboxylic acids is 1. The van der Waals surface area contributed by atoms with Gasteiger partial charge >= 0.3 is 5.97 Å². The first-order valence-electron chi connectivity index (χ1n) is 7.11. The number of benzene rings is 1. The monoisotopic (exact) mass is 288 g/mol. The molecule has 0 aromatic heterocycles. The van der Waals surface area contributed by atoms with Gasteiger partial charge in [-0.25, -0.2) is 4.79 Å². The zero-order valence-corrected chi connectivity index (χ0v) is 11.8. The maximum atomic E-state index is 12.3. The summed E-state index contributed by atoms with van der Waals surface area (Å²) in [5.41, 5.74) is 6.84. The van der Waals surface area contributed by atoms with E-state index in [0.29, 0.717) is 5.69 Å². The first-order valence-corrected chi connectivity index (χ1v) is 7.11. The van der Waals surface area contributed by atoms with Gasteiger partial charge < -0.3 is 16.2 Å². The van der Waals surface area contributed by atoms with Gasteiger partial charge in [0.2, 0.25) is 5.91 Å². The van der Waals surface area contributed by atoms with Crippen LogP contribution in [-0.2, 0) is 9.59 Å². The van der Waals surface area contributed by atoms with E-state index in [2.05, 4.69) is 5.32 Å². The highest BCUT2D eigenvalue weighted by Gasteiger charge is 2.35. The van der Waals surface area contributed by atoms with Crippen molar-refractivity contribution in [2.24, 2.45) is 5.73 Å². The summed E-state index contributed by atoms with van der Waals surface area (Å²) in [5, 5.41) is 11.4. The Kier molecular flexibility index (Phi) is 4.75. The Balaban J connectivity index is 1.99. The average molecular weight is 288 g/mol. The Morgan fingerprint density at radius 1 is 1.14 bits per heavy atom. The standard InChI is InChI=1S/C16H20N2O3/c17-16(10-2-1-3-11-16)15(21)18-13-7-4-12(5-8-13)6-9-14(19)20/h4-9H,1-3,10-11,17H2,(H,18,21)(H,19,20)/b9-6+. The van der Waals surface area contributed by atoms with Crippen LogP contribution in [-0.4, -0.2) is 22.5 Å². The zero-order chi connectivity index (χ0) is 15.3. The number of rotatable bonds is 4. The van der Waals surface area contributed by atoms with E-state index < -0.39 is 11.5 Å². The predicted molar refractivity (Wildman–Crippen MR) is 81.7 cm³/mol. The largest absolute Gasteiger partial charge is 0.478 e. The summed E-state index contributed by atoms with van der Waals surface area (Å²) in [5.74, 6) is -1.13. The van der Waals surface area contributed by atoms with Gasteiger partial charge in [-0.2, -0.15) is 0 Å². The summed E-state index contributed by atoms with van der Waals surface area (Å²) in [6, 6.07) is 6.98. The highest BCUT2D eigenvalue weighted by Crippen LogP contribution is 2.27. The van der Waals surface area contributed by atoms with Crippen LogP contribution in [0.5, 0.6) is 0 Å². The number of nitrogens with two attached hydrogens (primary N) is 1. The molecule has 4 N–H and O–H groups in total. The zero-order valence-electron chi connectivity index (χ0n) is 11.8. The number of carbonyl (C=O) groups is 2. The predicted octanol–water partition coefficient (Wildman–Crippen LogP) is 2.38. The molecule has 0 aliphatic heterocycles. The van der Waals surface area contributed by atoms with Crippen LogP contribution in [0.3, 0.4) is 0 Å². The van der Waals surface area contributed by atoms with Crippen LogP contribution >= 0.6 is 0 Å². The van der Waals surface area contributed by atoms with Crippen LogP contribution in [0.2, 0.25) is 0 Å². The van der Waals surface area contributed by atoms with E-state index in [1.807, 2.05) is 0 Å². The van der Waals surface area contributed by atoms with Gasteiger partial charge in [0.05, 0.1) is 5.54 Å². The SMILES string of the molecule is NC1(C(=O)Nc2ccc(/C=C/C(=O)O)cc2)CCCCC1. The van der Waals surface area contributed by atoms with Crippen LogP contribution in [0, 0.1) is 0 Å². The lowest BCUT2D eigenvalue weighted by atomic mass is 9.82. The second kappa shape index (κ2) is 6.54. The molecule has 5 heteroatoms. The van der Waals surface area contributed by atoms with Crippen molar-refractivity contribution in [3.8, 4) is 0 Å². The summed E-state index contributed by atoms with van der Waals surface area (Å²) >= 11 is 0. The highest BCUT2D eigenvalue weighted by molar-refractivity contribution is 5.98. The molecule has 1 aromatic carbocycles. The maximum absolute atomic E-state index is 12.3. The first kappa shape index (κ1) is 15.3. The summed E-state index contributed by atoms with van der Waals surface area (Å²) < 4.78 is 0. The molecule has 5 nitrogen and oxygen atoms in total. The minimum absolute atomic E-state index is 0.143. The third kappa shape index (κ3) is 4.16. The van der Waals surface area contributed by atoms with Gasteiger partial charge in [-0.1, -0.05) is 31.4 Å². The number of aliphatic carboxylic acids is 1. The van der Waals surface area contributed by atoms with E-state index in [1.165, 1.54) is 6.08 Å². The molecule has 21 heavy (non-hydrogen) atoms. The van der Waals surface area contributed by atoms with Gasteiger partial charge in [0.15, 0.2) is 0 Å². The molecule has 0 spiro atoms. The molecule has 1 amide bonds. The lowest BCUT2D eigenvalue weighted by Gasteiger charge is -2.31. The van der Waals surface area contributed by atoms with Crippen LogP contribution in [0.1, 0.15) is 37.7 Å². The van der Waals surface area contributed by atoms with E-state index in [9.17, 15) is 9.59 Å². The lowest BCUT2D eigenvalue weighted by Crippen LogP contribution is -2.52. The topological polar surface area (TPSA) is 92.4 Å². The quantitative estimate of drug-likeness (QED) is 0.742. The van der Waals surface area contributed by atoms with Crippen molar-refractivity contribution in [2.75, 3.05) is 5.32 Å². The number of carbonyl (C=O) groups excluding carboxylic acids is 1. The smallest absolute Gasteiger partial charge is 0.328 e. The summed E-state index contributed by atoms with van der Waals surface area (Å²) in [7, 11) is 0. The van der Waals surface area contributed by atoms with Gasteiger partial charge in [-0.15, -0.1) is 0 Å². The van der Waals surface area contributed by atoms with Crippen molar-refractivity contribution in [2.45, 2.75) is 37.6 Å². The average Bonchev–Trinajstić information content (AvgIpc) is 2.47. The van der Waals surface area contributed by atoms with Gasteiger partial charge in [0, 0.05) is 11.8 Å². The van der Waals surface area contributed by atoms with Crippen molar-refractivity contribution in [3.05, 3.63) is 35.9 Å². The second-order valence-corrected chi connectivity index (χ2v) is 5.46. The van der Waals surface area contributed by atoms with E-state index in [4.69, 9.17) is 10.8 Å². The van der Waals surface area contributed by atoms with Crippen molar-refractivity contribution in [1.82, 2.24) is 0 Å². The molecule has 1 aromatic rings. The maximum Gasteiger partial charge on any atom is 0.328 e. The van der Waals surface area contributed by atoms with Crippen LogP contribution < -0.4 is 11.1 Å². The van der Waals surface area contributed by atoms with Crippen molar-refractivity contribution < 1.29 is 14.7 Å². The molecule has 0 atom stereocenters. The van der Waals surface area contributed by atoms with Crippen molar-refractivity contribution >= 4 is 23.6 Å². The van der Waals surface area contributed by atoms with Crippen molar-refractivity contribution in [3.63, 3.8) is 0 Å². The Morgan fingerprint density at radius 2 is 1.76 bits per heavy atom. The normalized spacial score (nSPS) is 17.6. The molecule has 1 aliphatic carbocycles. The molecule has 0 saturated heterocycles. The van der Waals surface area contributed by atoms with Gasteiger partial charge in [0.25, 0.3) is 0 Å². The van der Waals surface area contributed by atoms with Gasteiger partial charge in [-0.3, -0.25) is 4.79 Å². The van der Waals surface area contributed by atoms with Crippen LogP contribution in [0.25, 0.3) is 6.08 Å². The molecule has 1 saturated carbocycles. The second-order valence-electron chi connectivity index (χ2n) is 5.46. The molecule has 1 aliphatic rings. The Labute approximate surface area is 123 Å². The summed E-state index contributed by atoms with van der Waals surface area (Å²) in [4.78, 5) is 22.7. The molecule has 1 fully saturated rings. The van der Waals surface area contributed by atoms with E-state index in [-0.39, 0.29) is 5.91 Å². The minimum atomic E-state index is -0.991. The lowest BCUT2D eigenvalue weighted by molar-refractivity contribution is -0.131. The van der Waals surface area contributed by atoms with E-state index >= 15 is 0 Å². The van der Waals surface area contributed by atoms with E-state index in [1.54, 1.807) is 24.3 Å². The van der Waals surface area contributed by atoms with Gasteiger partial charge in [0.1, 0.15) is 0 Å². The Hall–Kier alpha value is -2.14. The fraction of sp³-hybridized carbons (Fsp3) is 0.375. The molecule has 112 valence electrons. The Morgan fingerprint density at radius 3 is 2.33 bits per heavy atom. The molecule has 0 heterocycles.